The Labute approximate surface area is 104 Å². The van der Waals surface area contributed by atoms with Gasteiger partial charge in [-0.25, -0.2) is 0 Å². The summed E-state index contributed by atoms with van der Waals surface area (Å²) >= 11 is 0. The lowest BCUT2D eigenvalue weighted by atomic mass is 10.3. The van der Waals surface area contributed by atoms with Crippen molar-refractivity contribution < 1.29 is 9.84 Å². The van der Waals surface area contributed by atoms with Gasteiger partial charge in [0.1, 0.15) is 0 Å². The van der Waals surface area contributed by atoms with Crippen molar-refractivity contribution in [2.45, 2.75) is 37.8 Å². The van der Waals surface area contributed by atoms with E-state index >= 15 is 0 Å². The average molecular weight is 242 g/mol. The molecule has 1 atom stereocenters. The van der Waals surface area contributed by atoms with E-state index in [1.807, 2.05) is 0 Å². The Morgan fingerprint density at radius 1 is 1.35 bits per heavy atom. The van der Waals surface area contributed by atoms with E-state index in [1.165, 1.54) is 25.7 Å². The predicted molar refractivity (Wildman–Crippen MR) is 68.1 cm³/mol. The van der Waals surface area contributed by atoms with E-state index in [0.29, 0.717) is 13.2 Å². The van der Waals surface area contributed by atoms with Gasteiger partial charge >= 0.3 is 0 Å². The maximum absolute atomic E-state index is 9.67. The van der Waals surface area contributed by atoms with Gasteiger partial charge in [0, 0.05) is 32.3 Å². The first-order valence-corrected chi connectivity index (χ1v) is 6.92. The molecular formula is C13H26N2O2. The van der Waals surface area contributed by atoms with Crippen molar-refractivity contribution in [3.05, 3.63) is 0 Å². The van der Waals surface area contributed by atoms with E-state index < -0.39 is 0 Å². The van der Waals surface area contributed by atoms with E-state index in [9.17, 15) is 5.11 Å². The molecule has 0 saturated heterocycles. The second-order valence-corrected chi connectivity index (χ2v) is 5.55. The third-order valence-electron chi connectivity index (χ3n) is 3.55. The molecule has 100 valence electrons. The first kappa shape index (κ1) is 13.3. The highest BCUT2D eigenvalue weighted by Crippen LogP contribution is 2.28. The van der Waals surface area contributed by atoms with Gasteiger partial charge in [0.25, 0.3) is 0 Å². The highest BCUT2D eigenvalue weighted by Gasteiger charge is 2.25. The van der Waals surface area contributed by atoms with E-state index in [2.05, 4.69) is 17.3 Å². The van der Waals surface area contributed by atoms with Gasteiger partial charge in [0.15, 0.2) is 0 Å². The molecule has 1 unspecified atom stereocenters. The van der Waals surface area contributed by atoms with E-state index in [0.717, 1.165) is 31.7 Å². The van der Waals surface area contributed by atoms with Crippen molar-refractivity contribution in [1.29, 1.82) is 0 Å². The van der Waals surface area contributed by atoms with Crippen LogP contribution < -0.4 is 5.32 Å². The summed E-state index contributed by atoms with van der Waals surface area (Å²) in [5.41, 5.74) is 0. The quantitative estimate of drug-likeness (QED) is 0.546. The zero-order valence-electron chi connectivity index (χ0n) is 10.9. The first-order chi connectivity index (χ1) is 8.25. The van der Waals surface area contributed by atoms with Gasteiger partial charge in [0.2, 0.25) is 0 Å². The topological polar surface area (TPSA) is 44.7 Å². The van der Waals surface area contributed by atoms with Crippen LogP contribution in [0.25, 0.3) is 0 Å². The van der Waals surface area contributed by atoms with Crippen LogP contribution in [-0.2, 0) is 4.74 Å². The molecule has 4 nitrogen and oxygen atoms in total. The molecule has 0 radical (unpaired) electrons. The molecule has 0 aliphatic heterocycles. The summed E-state index contributed by atoms with van der Waals surface area (Å²) in [5, 5.41) is 12.9. The summed E-state index contributed by atoms with van der Waals surface area (Å²) in [5.74, 6) is 0.780. The summed E-state index contributed by atoms with van der Waals surface area (Å²) in [6.45, 7) is 3.97. The Morgan fingerprint density at radius 2 is 2.12 bits per heavy atom. The summed E-state index contributed by atoms with van der Waals surface area (Å²) < 4.78 is 5.45. The fraction of sp³-hybridized carbons (Fsp3) is 1.00. The lowest BCUT2D eigenvalue weighted by Crippen LogP contribution is -2.36. The van der Waals surface area contributed by atoms with Gasteiger partial charge in [0.05, 0.1) is 12.7 Å². The lowest BCUT2D eigenvalue weighted by Gasteiger charge is -2.17. The molecule has 0 aromatic carbocycles. The second kappa shape index (κ2) is 6.69. The summed E-state index contributed by atoms with van der Waals surface area (Å²) in [7, 11) is 2.18. The molecule has 0 amide bonds. The number of nitrogens with one attached hydrogen (secondary N) is 1. The Balaban J connectivity index is 1.37. The largest absolute Gasteiger partial charge is 0.389 e. The molecule has 2 aliphatic rings. The van der Waals surface area contributed by atoms with Crippen LogP contribution in [0.15, 0.2) is 0 Å². The molecule has 2 fully saturated rings. The first-order valence-electron chi connectivity index (χ1n) is 6.92. The molecule has 0 spiro atoms. The maximum Gasteiger partial charge on any atom is 0.0897 e. The van der Waals surface area contributed by atoms with Crippen LogP contribution in [0.3, 0.4) is 0 Å². The molecule has 2 N–H and O–H groups in total. The van der Waals surface area contributed by atoms with Gasteiger partial charge in [-0.15, -0.1) is 0 Å². The number of rotatable bonds is 10. The molecule has 2 saturated carbocycles. The van der Waals surface area contributed by atoms with Crippen LogP contribution >= 0.6 is 0 Å². The van der Waals surface area contributed by atoms with Gasteiger partial charge in [-0.3, -0.25) is 0 Å². The average Bonchev–Trinajstić information content (AvgIpc) is 3.16. The predicted octanol–water partition coefficient (Wildman–Crippen LogP) is 0.458. The van der Waals surface area contributed by atoms with Crippen molar-refractivity contribution in [2.75, 3.05) is 39.9 Å². The van der Waals surface area contributed by atoms with Gasteiger partial charge < -0.3 is 20.1 Å². The Hall–Kier alpha value is -0.160. The number of hydrogen-bond acceptors (Lipinski definition) is 4. The molecule has 4 heteroatoms. The fourth-order valence-corrected chi connectivity index (χ4v) is 1.94. The van der Waals surface area contributed by atoms with E-state index in [4.69, 9.17) is 4.74 Å². The van der Waals surface area contributed by atoms with E-state index in [1.54, 1.807) is 0 Å². The Morgan fingerprint density at radius 3 is 2.76 bits per heavy atom. The third-order valence-corrected chi connectivity index (χ3v) is 3.55. The number of aliphatic hydroxyl groups is 1. The van der Waals surface area contributed by atoms with E-state index in [-0.39, 0.29) is 6.10 Å². The summed E-state index contributed by atoms with van der Waals surface area (Å²) in [6.07, 6.45) is 4.96. The van der Waals surface area contributed by atoms with Crippen molar-refractivity contribution in [1.82, 2.24) is 10.2 Å². The molecule has 2 aliphatic carbocycles. The molecule has 0 bridgehead atoms. The Kier molecular flexibility index (Phi) is 5.22. The Bertz CT molecular complexity index is 217. The number of hydrogen-bond donors (Lipinski definition) is 2. The standard InChI is InChI=1S/C13H26N2O2/c1-15(12-4-5-12)7-6-14-8-13(16)10-17-9-11-2-3-11/h11-14,16H,2-10H2,1H3. The van der Waals surface area contributed by atoms with Crippen LogP contribution in [0, 0.1) is 5.92 Å². The van der Waals surface area contributed by atoms with Crippen molar-refractivity contribution in [2.24, 2.45) is 5.92 Å². The highest BCUT2D eigenvalue weighted by molar-refractivity contribution is 4.82. The van der Waals surface area contributed by atoms with Crippen molar-refractivity contribution in [3.8, 4) is 0 Å². The number of aliphatic hydroxyl groups excluding tert-OH is 1. The zero-order chi connectivity index (χ0) is 12.1. The normalized spacial score (nSPS) is 22.1. The zero-order valence-corrected chi connectivity index (χ0v) is 10.9. The van der Waals surface area contributed by atoms with Crippen LogP contribution in [0.2, 0.25) is 0 Å². The van der Waals surface area contributed by atoms with Gasteiger partial charge in [-0.1, -0.05) is 0 Å². The minimum Gasteiger partial charge on any atom is -0.389 e. The molecule has 2 rings (SSSR count). The molecule has 0 aromatic heterocycles. The third kappa shape index (κ3) is 5.82. The SMILES string of the molecule is CN(CCNCC(O)COCC1CC1)C1CC1. The fourth-order valence-electron chi connectivity index (χ4n) is 1.94. The maximum atomic E-state index is 9.67. The van der Waals surface area contributed by atoms with Gasteiger partial charge in [-0.05, 0) is 38.6 Å². The number of nitrogens with zero attached hydrogens (tertiary/aromatic N) is 1. The minimum absolute atomic E-state index is 0.361. The van der Waals surface area contributed by atoms with Gasteiger partial charge in [-0.2, -0.15) is 0 Å². The smallest absolute Gasteiger partial charge is 0.0897 e. The molecule has 0 heterocycles. The monoisotopic (exact) mass is 242 g/mol. The number of likely N-dealkylation sites (N-methyl/N-ethyl adjacent to an activating group) is 1. The lowest BCUT2D eigenvalue weighted by molar-refractivity contribution is 0.0324. The van der Waals surface area contributed by atoms with Crippen LogP contribution in [0.5, 0.6) is 0 Å². The molecule has 0 aromatic rings. The summed E-state index contributed by atoms with van der Waals surface area (Å²) in [4.78, 5) is 2.39. The number of ether oxygens (including phenoxy) is 1. The molecule has 17 heavy (non-hydrogen) atoms. The second-order valence-electron chi connectivity index (χ2n) is 5.55. The highest BCUT2D eigenvalue weighted by atomic mass is 16.5. The van der Waals surface area contributed by atoms with Crippen molar-refractivity contribution >= 4 is 0 Å². The van der Waals surface area contributed by atoms with Crippen molar-refractivity contribution in [3.63, 3.8) is 0 Å². The van der Waals surface area contributed by atoms with Crippen LogP contribution in [0.4, 0.5) is 0 Å². The van der Waals surface area contributed by atoms with Crippen LogP contribution in [-0.4, -0.2) is 62.0 Å². The molecular weight excluding hydrogens is 216 g/mol. The summed E-state index contributed by atoms with van der Waals surface area (Å²) in [6, 6.07) is 0.823. The minimum atomic E-state index is -0.361. The van der Waals surface area contributed by atoms with Crippen LogP contribution in [0.1, 0.15) is 25.7 Å².